The number of thioether (sulfide) groups is 1. The maximum absolute atomic E-state index is 13.1. The van der Waals surface area contributed by atoms with E-state index in [9.17, 15) is 9.59 Å². The zero-order valence-electron chi connectivity index (χ0n) is 16.1. The highest BCUT2D eigenvalue weighted by molar-refractivity contribution is 8.02. The fourth-order valence-electron chi connectivity index (χ4n) is 3.64. The largest absolute Gasteiger partial charge is 0.374 e. The molecule has 4 rings (SSSR count). The summed E-state index contributed by atoms with van der Waals surface area (Å²) in [6, 6.07) is 15.8. The summed E-state index contributed by atoms with van der Waals surface area (Å²) in [5.74, 6) is -0.0890. The molecule has 0 aromatic heterocycles. The van der Waals surface area contributed by atoms with E-state index in [0.717, 1.165) is 21.7 Å². The van der Waals surface area contributed by atoms with Crippen molar-refractivity contribution in [3.05, 3.63) is 59.7 Å². The number of anilines is 1. The number of para-hydroxylation sites is 1. The second kappa shape index (κ2) is 7.60. The summed E-state index contributed by atoms with van der Waals surface area (Å²) in [7, 11) is 0. The Kier molecular flexibility index (Phi) is 5.17. The Balaban J connectivity index is 1.43. The Morgan fingerprint density at radius 1 is 1.18 bits per heavy atom. The van der Waals surface area contributed by atoms with E-state index in [4.69, 9.17) is 4.74 Å². The van der Waals surface area contributed by atoms with Gasteiger partial charge in [0.05, 0.1) is 18.4 Å². The SMILES string of the molecule is CC(C)OCc1ccc(CNC(=O)C23CCC(=O)N2c2ccccc2S3)cc1. The highest BCUT2D eigenvalue weighted by Crippen LogP contribution is 2.55. The Morgan fingerprint density at radius 3 is 2.64 bits per heavy atom. The number of ether oxygens (including phenoxy) is 1. The Hall–Kier alpha value is -2.31. The number of rotatable bonds is 6. The van der Waals surface area contributed by atoms with Gasteiger partial charge >= 0.3 is 0 Å². The normalized spacial score (nSPS) is 20.4. The van der Waals surface area contributed by atoms with Crippen molar-refractivity contribution in [2.45, 2.75) is 55.7 Å². The molecule has 0 aliphatic carbocycles. The van der Waals surface area contributed by atoms with Gasteiger partial charge in [-0.2, -0.15) is 0 Å². The summed E-state index contributed by atoms with van der Waals surface area (Å²) in [5.41, 5.74) is 2.98. The van der Waals surface area contributed by atoms with Crippen molar-refractivity contribution < 1.29 is 14.3 Å². The molecule has 2 aliphatic rings. The first-order valence-corrected chi connectivity index (χ1v) is 10.4. The Bertz CT molecular complexity index is 897. The molecule has 2 amide bonds. The van der Waals surface area contributed by atoms with Crippen LogP contribution in [0.3, 0.4) is 0 Å². The third-order valence-corrected chi connectivity index (χ3v) is 6.56. The first kappa shape index (κ1) is 19.0. The average molecular weight is 397 g/mol. The molecule has 0 spiro atoms. The molecule has 6 heteroatoms. The van der Waals surface area contributed by atoms with Crippen LogP contribution in [0.4, 0.5) is 5.69 Å². The molecule has 1 fully saturated rings. The highest BCUT2D eigenvalue weighted by Gasteiger charge is 2.57. The molecule has 2 aromatic carbocycles. The topological polar surface area (TPSA) is 58.6 Å². The molecular weight excluding hydrogens is 372 g/mol. The molecule has 0 saturated carbocycles. The third-order valence-electron chi connectivity index (χ3n) is 5.09. The van der Waals surface area contributed by atoms with Crippen LogP contribution in [0.25, 0.3) is 0 Å². The molecule has 2 heterocycles. The molecule has 2 aromatic rings. The summed E-state index contributed by atoms with van der Waals surface area (Å²) < 4.78 is 5.61. The van der Waals surface area contributed by atoms with Gasteiger partial charge in [0.25, 0.3) is 5.91 Å². The lowest BCUT2D eigenvalue weighted by Gasteiger charge is -2.29. The van der Waals surface area contributed by atoms with Gasteiger partial charge in [-0.25, -0.2) is 0 Å². The zero-order valence-corrected chi connectivity index (χ0v) is 16.9. The Morgan fingerprint density at radius 2 is 1.89 bits per heavy atom. The van der Waals surface area contributed by atoms with E-state index in [1.807, 2.05) is 62.4 Å². The van der Waals surface area contributed by atoms with E-state index in [-0.39, 0.29) is 17.9 Å². The molecule has 146 valence electrons. The van der Waals surface area contributed by atoms with Crippen molar-refractivity contribution in [3.63, 3.8) is 0 Å². The van der Waals surface area contributed by atoms with Gasteiger partial charge in [0.1, 0.15) is 0 Å². The second-order valence-electron chi connectivity index (χ2n) is 7.44. The van der Waals surface area contributed by atoms with Crippen molar-refractivity contribution in [1.29, 1.82) is 0 Å². The lowest BCUT2D eigenvalue weighted by Crippen LogP contribution is -2.52. The number of amides is 2. The monoisotopic (exact) mass is 396 g/mol. The van der Waals surface area contributed by atoms with E-state index >= 15 is 0 Å². The maximum atomic E-state index is 13.1. The van der Waals surface area contributed by atoms with Crippen LogP contribution in [0.15, 0.2) is 53.4 Å². The van der Waals surface area contributed by atoms with E-state index in [2.05, 4.69) is 5.32 Å². The minimum atomic E-state index is -0.855. The molecular formula is C22H24N2O3S. The van der Waals surface area contributed by atoms with E-state index < -0.39 is 4.87 Å². The van der Waals surface area contributed by atoms with E-state index in [1.54, 1.807) is 4.90 Å². The fraction of sp³-hybridized carbons (Fsp3) is 0.364. The number of carbonyl (C=O) groups is 2. The highest BCUT2D eigenvalue weighted by atomic mass is 32.2. The van der Waals surface area contributed by atoms with Crippen molar-refractivity contribution in [2.75, 3.05) is 4.90 Å². The summed E-state index contributed by atoms with van der Waals surface area (Å²) in [6.07, 6.45) is 1.13. The minimum absolute atomic E-state index is 0.0158. The van der Waals surface area contributed by atoms with Crippen LogP contribution in [0.1, 0.15) is 37.8 Å². The summed E-state index contributed by atoms with van der Waals surface area (Å²) in [5, 5.41) is 3.04. The number of nitrogens with one attached hydrogen (secondary N) is 1. The van der Waals surface area contributed by atoms with Gasteiger partial charge in [-0.1, -0.05) is 48.2 Å². The number of nitrogens with zero attached hydrogens (tertiary/aromatic N) is 1. The summed E-state index contributed by atoms with van der Waals surface area (Å²) >= 11 is 1.49. The van der Waals surface area contributed by atoms with Crippen molar-refractivity contribution in [2.24, 2.45) is 0 Å². The van der Waals surface area contributed by atoms with Gasteiger partial charge in [0.15, 0.2) is 4.87 Å². The molecule has 1 atom stereocenters. The van der Waals surface area contributed by atoms with Gasteiger partial charge < -0.3 is 10.1 Å². The number of hydrogen-bond acceptors (Lipinski definition) is 4. The quantitative estimate of drug-likeness (QED) is 0.806. The van der Waals surface area contributed by atoms with E-state index in [1.165, 1.54) is 11.8 Å². The van der Waals surface area contributed by atoms with Gasteiger partial charge in [0, 0.05) is 17.9 Å². The fourth-order valence-corrected chi connectivity index (χ4v) is 5.07. The smallest absolute Gasteiger partial charge is 0.257 e. The van der Waals surface area contributed by atoms with Crippen LogP contribution in [-0.2, 0) is 27.5 Å². The number of fused-ring (bicyclic) bond motifs is 3. The summed E-state index contributed by atoms with van der Waals surface area (Å²) in [6.45, 7) is 5.05. The van der Waals surface area contributed by atoms with Crippen LogP contribution in [0, 0.1) is 0 Å². The lowest BCUT2D eigenvalue weighted by molar-refractivity contribution is -0.124. The van der Waals surface area contributed by atoms with Gasteiger partial charge in [0.2, 0.25) is 5.91 Å². The molecule has 0 bridgehead atoms. The van der Waals surface area contributed by atoms with Crippen LogP contribution in [0.2, 0.25) is 0 Å². The summed E-state index contributed by atoms with van der Waals surface area (Å²) in [4.78, 5) is 27.4. The molecule has 28 heavy (non-hydrogen) atoms. The standard InChI is InChI=1S/C22H24N2O3S/c1-15(2)27-14-17-9-7-16(8-10-17)13-23-21(26)22-12-11-20(25)24(22)18-5-3-4-6-19(18)28-22/h3-10,15H,11-14H2,1-2H3,(H,23,26). The van der Waals surface area contributed by atoms with E-state index in [0.29, 0.717) is 26.0 Å². The zero-order chi connectivity index (χ0) is 19.7. The molecule has 5 nitrogen and oxygen atoms in total. The number of benzene rings is 2. The number of hydrogen-bond donors (Lipinski definition) is 1. The average Bonchev–Trinajstić information content (AvgIpc) is 3.21. The third kappa shape index (κ3) is 3.42. The molecule has 1 unspecified atom stereocenters. The van der Waals surface area contributed by atoms with Crippen molar-refractivity contribution in [1.82, 2.24) is 5.32 Å². The lowest BCUT2D eigenvalue weighted by atomic mass is 10.1. The van der Waals surface area contributed by atoms with Crippen LogP contribution in [0.5, 0.6) is 0 Å². The predicted octanol–water partition coefficient (Wildman–Crippen LogP) is 3.86. The second-order valence-corrected chi connectivity index (χ2v) is 8.76. The minimum Gasteiger partial charge on any atom is -0.374 e. The van der Waals surface area contributed by atoms with Crippen molar-refractivity contribution in [3.8, 4) is 0 Å². The van der Waals surface area contributed by atoms with Crippen LogP contribution >= 0.6 is 11.8 Å². The van der Waals surface area contributed by atoms with Crippen LogP contribution < -0.4 is 10.2 Å². The van der Waals surface area contributed by atoms with Gasteiger partial charge in [-0.05, 0) is 43.5 Å². The molecule has 1 saturated heterocycles. The van der Waals surface area contributed by atoms with Crippen molar-refractivity contribution >= 4 is 29.3 Å². The number of carbonyl (C=O) groups excluding carboxylic acids is 2. The molecule has 1 N–H and O–H groups in total. The van der Waals surface area contributed by atoms with Crippen LogP contribution in [-0.4, -0.2) is 22.8 Å². The van der Waals surface area contributed by atoms with Gasteiger partial charge in [-0.3, -0.25) is 14.5 Å². The predicted molar refractivity (Wildman–Crippen MR) is 110 cm³/mol. The molecule has 2 aliphatic heterocycles. The van der Waals surface area contributed by atoms with Gasteiger partial charge in [-0.15, -0.1) is 0 Å². The Labute approximate surface area is 169 Å². The first-order chi connectivity index (χ1) is 13.5. The maximum Gasteiger partial charge on any atom is 0.257 e. The first-order valence-electron chi connectivity index (χ1n) is 9.58. The molecule has 0 radical (unpaired) electrons.